The highest BCUT2D eigenvalue weighted by atomic mass is 35.5. The Hall–Kier alpha value is -1.34. The molecule has 2 aromatic rings. The maximum absolute atomic E-state index is 6.06. The van der Waals surface area contributed by atoms with Crippen molar-refractivity contribution in [2.75, 3.05) is 0 Å². The summed E-state index contributed by atoms with van der Waals surface area (Å²) in [6.07, 6.45) is 4.52. The number of aromatic nitrogens is 1. The molecule has 0 bridgehead atoms. The largest absolute Gasteiger partial charge is 0.265 e. The summed E-state index contributed by atoms with van der Waals surface area (Å²) in [5, 5.41) is 0.156. The molecule has 1 aromatic heterocycles. The maximum atomic E-state index is 6.06. The zero-order valence-electron chi connectivity index (χ0n) is 9.23. The highest BCUT2D eigenvalue weighted by Crippen LogP contribution is 2.24. The fourth-order valence-electron chi connectivity index (χ4n) is 1.81. The summed E-state index contributed by atoms with van der Waals surface area (Å²) >= 11 is 6.06. The molecule has 1 atom stereocenters. The van der Waals surface area contributed by atoms with Crippen molar-refractivity contribution in [3.05, 3.63) is 54.4 Å². The Bertz CT molecular complexity index is 451. The van der Waals surface area contributed by atoms with E-state index in [4.69, 9.17) is 11.6 Å². The summed E-state index contributed by atoms with van der Waals surface area (Å²) in [7, 11) is 0. The minimum Gasteiger partial charge on any atom is -0.265 e. The van der Waals surface area contributed by atoms with Gasteiger partial charge in [-0.2, -0.15) is 0 Å². The lowest BCUT2D eigenvalue weighted by molar-refractivity contribution is 0.933. The molecule has 1 nitrogen and oxygen atoms in total. The van der Waals surface area contributed by atoms with Gasteiger partial charge in [-0.15, -0.1) is 11.6 Å². The highest BCUT2D eigenvalue weighted by molar-refractivity contribution is 6.20. The van der Waals surface area contributed by atoms with Crippen molar-refractivity contribution < 1.29 is 0 Å². The van der Waals surface area contributed by atoms with Crippen LogP contribution in [-0.2, 0) is 6.42 Å². The Labute approximate surface area is 101 Å². The van der Waals surface area contributed by atoms with Gasteiger partial charge in [0.2, 0.25) is 0 Å². The minimum atomic E-state index is 0.156. The Morgan fingerprint density at radius 1 is 1.12 bits per heavy atom. The van der Waals surface area contributed by atoms with Crippen molar-refractivity contribution in [3.8, 4) is 11.1 Å². The predicted molar refractivity (Wildman–Crippen MR) is 68.7 cm³/mol. The van der Waals surface area contributed by atoms with E-state index >= 15 is 0 Å². The standard InChI is InChI=1S/C14H14ClN/c1-11(15)10-13-4-2-3-5-14(13)12-6-8-16-9-7-12/h2-9,11H,10H2,1H3/t11-/m0/s1. The Balaban J connectivity index is 2.41. The quantitative estimate of drug-likeness (QED) is 0.730. The molecular weight excluding hydrogens is 218 g/mol. The number of hydrogen-bond donors (Lipinski definition) is 0. The predicted octanol–water partition coefficient (Wildman–Crippen LogP) is 3.92. The van der Waals surface area contributed by atoms with E-state index in [1.54, 1.807) is 0 Å². The Morgan fingerprint density at radius 3 is 2.50 bits per heavy atom. The third-order valence-electron chi connectivity index (χ3n) is 2.51. The van der Waals surface area contributed by atoms with Gasteiger partial charge in [0.05, 0.1) is 0 Å². The first-order chi connectivity index (χ1) is 7.77. The first-order valence-electron chi connectivity index (χ1n) is 5.40. The van der Waals surface area contributed by atoms with Gasteiger partial charge in [0.15, 0.2) is 0 Å². The molecule has 0 saturated heterocycles. The molecule has 0 spiro atoms. The second-order valence-electron chi connectivity index (χ2n) is 3.88. The lowest BCUT2D eigenvalue weighted by Crippen LogP contribution is -1.99. The SMILES string of the molecule is C[C@H](Cl)Cc1ccccc1-c1ccncc1. The summed E-state index contributed by atoms with van der Waals surface area (Å²) in [4.78, 5) is 4.04. The summed E-state index contributed by atoms with van der Waals surface area (Å²) in [5.74, 6) is 0. The van der Waals surface area contributed by atoms with Crippen LogP contribution in [0.5, 0.6) is 0 Å². The molecule has 1 heterocycles. The first kappa shape index (κ1) is 11.2. The molecule has 0 radical (unpaired) electrons. The molecule has 0 aliphatic heterocycles. The molecule has 2 rings (SSSR count). The van der Waals surface area contributed by atoms with Gasteiger partial charge in [0.1, 0.15) is 0 Å². The summed E-state index contributed by atoms with van der Waals surface area (Å²) in [6.45, 7) is 2.02. The van der Waals surface area contributed by atoms with Crippen molar-refractivity contribution >= 4 is 11.6 Å². The van der Waals surface area contributed by atoms with Gasteiger partial charge in [0, 0.05) is 17.8 Å². The lowest BCUT2D eigenvalue weighted by atomic mass is 9.98. The van der Waals surface area contributed by atoms with E-state index in [-0.39, 0.29) is 5.38 Å². The molecular formula is C14H14ClN. The molecule has 0 aliphatic rings. The van der Waals surface area contributed by atoms with Crippen LogP contribution in [0.1, 0.15) is 12.5 Å². The van der Waals surface area contributed by atoms with Gasteiger partial charge in [-0.05, 0) is 42.2 Å². The van der Waals surface area contributed by atoms with Crippen LogP contribution in [0.2, 0.25) is 0 Å². The Kier molecular flexibility index (Phi) is 3.58. The van der Waals surface area contributed by atoms with Crippen LogP contribution >= 0.6 is 11.6 Å². The van der Waals surface area contributed by atoms with Crippen LogP contribution in [-0.4, -0.2) is 10.4 Å². The molecule has 1 aromatic carbocycles. The fraction of sp³-hybridized carbons (Fsp3) is 0.214. The average Bonchev–Trinajstić information content (AvgIpc) is 2.30. The lowest BCUT2D eigenvalue weighted by Gasteiger charge is -2.10. The van der Waals surface area contributed by atoms with E-state index < -0.39 is 0 Å². The molecule has 0 unspecified atom stereocenters. The molecule has 16 heavy (non-hydrogen) atoms. The summed E-state index contributed by atoms with van der Waals surface area (Å²) < 4.78 is 0. The van der Waals surface area contributed by atoms with E-state index in [9.17, 15) is 0 Å². The van der Waals surface area contributed by atoms with Crippen LogP contribution < -0.4 is 0 Å². The second kappa shape index (κ2) is 5.13. The van der Waals surface area contributed by atoms with E-state index in [0.717, 1.165) is 6.42 Å². The first-order valence-corrected chi connectivity index (χ1v) is 5.83. The number of halogens is 1. The van der Waals surface area contributed by atoms with Crippen molar-refractivity contribution in [1.82, 2.24) is 4.98 Å². The fourth-order valence-corrected chi connectivity index (χ4v) is 1.98. The van der Waals surface area contributed by atoms with Crippen LogP contribution in [0.4, 0.5) is 0 Å². The van der Waals surface area contributed by atoms with Gasteiger partial charge in [-0.25, -0.2) is 0 Å². The topological polar surface area (TPSA) is 12.9 Å². The molecule has 2 heteroatoms. The van der Waals surface area contributed by atoms with Crippen molar-refractivity contribution in [2.24, 2.45) is 0 Å². The molecule has 0 amide bonds. The minimum absolute atomic E-state index is 0.156. The third kappa shape index (κ3) is 2.61. The number of hydrogen-bond acceptors (Lipinski definition) is 1. The normalized spacial score (nSPS) is 12.4. The van der Waals surface area contributed by atoms with Gasteiger partial charge in [-0.1, -0.05) is 24.3 Å². The van der Waals surface area contributed by atoms with Crippen molar-refractivity contribution in [1.29, 1.82) is 0 Å². The highest BCUT2D eigenvalue weighted by Gasteiger charge is 2.06. The van der Waals surface area contributed by atoms with Crippen LogP contribution in [0, 0.1) is 0 Å². The van der Waals surface area contributed by atoms with Crippen molar-refractivity contribution in [3.63, 3.8) is 0 Å². The summed E-state index contributed by atoms with van der Waals surface area (Å²) in [5.41, 5.74) is 3.73. The number of alkyl halides is 1. The number of benzene rings is 1. The van der Waals surface area contributed by atoms with E-state index in [1.807, 2.05) is 31.5 Å². The van der Waals surface area contributed by atoms with Crippen LogP contribution in [0.25, 0.3) is 11.1 Å². The molecule has 0 aliphatic carbocycles. The molecule has 0 N–H and O–H groups in total. The average molecular weight is 232 g/mol. The van der Waals surface area contributed by atoms with Gasteiger partial charge in [-0.3, -0.25) is 4.98 Å². The van der Waals surface area contributed by atoms with Gasteiger partial charge in [0.25, 0.3) is 0 Å². The number of rotatable bonds is 3. The zero-order valence-corrected chi connectivity index (χ0v) is 9.98. The third-order valence-corrected chi connectivity index (χ3v) is 2.66. The zero-order chi connectivity index (χ0) is 11.4. The molecule has 0 saturated carbocycles. The molecule has 82 valence electrons. The molecule has 0 fully saturated rings. The Morgan fingerprint density at radius 2 is 1.81 bits per heavy atom. The van der Waals surface area contributed by atoms with E-state index in [2.05, 4.69) is 29.2 Å². The number of nitrogens with zero attached hydrogens (tertiary/aromatic N) is 1. The van der Waals surface area contributed by atoms with Gasteiger partial charge >= 0.3 is 0 Å². The van der Waals surface area contributed by atoms with E-state index in [0.29, 0.717) is 0 Å². The second-order valence-corrected chi connectivity index (χ2v) is 4.62. The maximum Gasteiger partial charge on any atom is 0.0348 e. The van der Waals surface area contributed by atoms with Crippen LogP contribution in [0.15, 0.2) is 48.8 Å². The number of pyridine rings is 1. The summed E-state index contributed by atoms with van der Waals surface area (Å²) in [6, 6.07) is 12.4. The van der Waals surface area contributed by atoms with Gasteiger partial charge < -0.3 is 0 Å². The van der Waals surface area contributed by atoms with Crippen LogP contribution in [0.3, 0.4) is 0 Å². The monoisotopic (exact) mass is 231 g/mol. The van der Waals surface area contributed by atoms with Crippen molar-refractivity contribution in [2.45, 2.75) is 18.7 Å². The smallest absolute Gasteiger partial charge is 0.0348 e. The van der Waals surface area contributed by atoms with E-state index in [1.165, 1.54) is 16.7 Å².